The van der Waals surface area contributed by atoms with Gasteiger partial charge < -0.3 is 9.84 Å². The number of benzene rings is 4. The minimum absolute atomic E-state index is 0.338. The molecule has 0 aliphatic rings. The number of carbonyl (C=O) groups is 1. The fraction of sp³-hybridized carbons (Fsp3) is 0.0690. The van der Waals surface area contributed by atoms with Crippen LogP contribution in [0.2, 0.25) is 0 Å². The van der Waals surface area contributed by atoms with Crippen molar-refractivity contribution in [2.24, 2.45) is 0 Å². The number of rotatable bonds is 9. The highest BCUT2D eigenvalue weighted by Crippen LogP contribution is 2.29. The lowest BCUT2D eigenvalue weighted by Crippen LogP contribution is -2.09. The molecule has 34 heavy (non-hydrogen) atoms. The van der Waals surface area contributed by atoms with Gasteiger partial charge in [0, 0.05) is 15.1 Å². The number of carboxylic acids is 1. The average Bonchev–Trinajstić information content (AvgIpc) is 2.87. The number of hydrogen-bond donors (Lipinski definition) is 1. The van der Waals surface area contributed by atoms with Gasteiger partial charge in [0.05, 0.1) is 0 Å². The van der Waals surface area contributed by atoms with Crippen LogP contribution in [0.1, 0.15) is 11.1 Å². The van der Waals surface area contributed by atoms with Crippen LogP contribution >= 0.6 is 27.7 Å². The summed E-state index contributed by atoms with van der Waals surface area (Å²) in [5.74, 6) is 0.360. The molecule has 0 radical (unpaired) electrons. The highest BCUT2D eigenvalue weighted by molar-refractivity contribution is 9.10. The van der Waals surface area contributed by atoms with Crippen molar-refractivity contribution in [3.8, 4) is 16.9 Å². The minimum Gasteiger partial charge on any atom is -0.482 e. The van der Waals surface area contributed by atoms with Gasteiger partial charge in [-0.3, -0.25) is 0 Å². The molecule has 0 spiro atoms. The first-order chi connectivity index (χ1) is 16.6. The lowest BCUT2D eigenvalue weighted by molar-refractivity contribution is -0.139. The van der Waals surface area contributed by atoms with Gasteiger partial charge in [-0.2, -0.15) is 0 Å². The molecule has 0 aliphatic carbocycles. The summed E-state index contributed by atoms with van der Waals surface area (Å²) in [4.78, 5) is 11.7. The number of hydrogen-bond acceptors (Lipinski definition) is 3. The first-order valence-electron chi connectivity index (χ1n) is 10.8. The zero-order chi connectivity index (χ0) is 23.8. The molecule has 0 aromatic heterocycles. The molecule has 0 saturated heterocycles. The Hall–Kier alpha value is -3.28. The van der Waals surface area contributed by atoms with Crippen molar-refractivity contribution < 1.29 is 14.6 Å². The number of carboxylic acid groups (broad SMARTS) is 1. The molecule has 0 atom stereocenters. The SMILES string of the molecule is O=C(O)COc1ccc(SC/C=C(/c2ccc(Br)cc2)c2ccc(-c3ccccc3)cc2)cc1. The summed E-state index contributed by atoms with van der Waals surface area (Å²) in [6.07, 6.45) is 2.25. The van der Waals surface area contributed by atoms with Crippen molar-refractivity contribution in [3.05, 3.63) is 125 Å². The smallest absolute Gasteiger partial charge is 0.341 e. The van der Waals surface area contributed by atoms with Crippen LogP contribution < -0.4 is 4.74 Å². The second-order valence-electron chi connectivity index (χ2n) is 7.53. The van der Waals surface area contributed by atoms with Crippen molar-refractivity contribution in [3.63, 3.8) is 0 Å². The van der Waals surface area contributed by atoms with E-state index >= 15 is 0 Å². The third kappa shape index (κ3) is 6.62. The molecule has 4 aromatic carbocycles. The molecule has 4 aromatic rings. The van der Waals surface area contributed by atoms with Gasteiger partial charge >= 0.3 is 5.97 Å². The normalized spacial score (nSPS) is 11.3. The Kier molecular flexibility index (Phi) is 8.23. The van der Waals surface area contributed by atoms with E-state index in [4.69, 9.17) is 9.84 Å². The van der Waals surface area contributed by atoms with Crippen LogP contribution in [0.15, 0.2) is 119 Å². The molecule has 0 aliphatic heterocycles. The van der Waals surface area contributed by atoms with Crippen molar-refractivity contribution in [1.82, 2.24) is 0 Å². The van der Waals surface area contributed by atoms with Crippen LogP contribution in [0, 0.1) is 0 Å². The third-order valence-electron chi connectivity index (χ3n) is 5.18. The molecule has 0 bridgehead atoms. The van der Waals surface area contributed by atoms with E-state index in [1.807, 2.05) is 18.2 Å². The van der Waals surface area contributed by atoms with Crippen molar-refractivity contribution >= 4 is 39.2 Å². The number of thioether (sulfide) groups is 1. The first kappa shape index (κ1) is 23.9. The highest BCUT2D eigenvalue weighted by Gasteiger charge is 2.07. The van der Waals surface area contributed by atoms with Gasteiger partial charge in [-0.15, -0.1) is 11.8 Å². The molecule has 170 valence electrons. The van der Waals surface area contributed by atoms with E-state index in [1.165, 1.54) is 22.3 Å². The third-order valence-corrected chi connectivity index (χ3v) is 6.65. The van der Waals surface area contributed by atoms with Crippen LogP contribution in [0.25, 0.3) is 16.7 Å². The van der Waals surface area contributed by atoms with E-state index in [0.29, 0.717) is 5.75 Å². The van der Waals surface area contributed by atoms with Crippen LogP contribution in [-0.4, -0.2) is 23.4 Å². The summed E-state index contributed by atoms with van der Waals surface area (Å²) in [5.41, 5.74) is 5.91. The molecular weight excluding hydrogens is 508 g/mol. The quantitative estimate of drug-likeness (QED) is 0.224. The second kappa shape index (κ2) is 11.7. The molecule has 5 heteroatoms. The average molecular weight is 531 g/mol. The van der Waals surface area contributed by atoms with Crippen molar-refractivity contribution in [2.45, 2.75) is 4.90 Å². The number of ether oxygens (including phenoxy) is 1. The molecule has 0 amide bonds. The van der Waals surface area contributed by atoms with Crippen LogP contribution in [-0.2, 0) is 4.79 Å². The van der Waals surface area contributed by atoms with E-state index in [9.17, 15) is 4.79 Å². The zero-order valence-electron chi connectivity index (χ0n) is 18.4. The van der Waals surface area contributed by atoms with Gasteiger partial charge in [0.25, 0.3) is 0 Å². The fourth-order valence-electron chi connectivity index (χ4n) is 3.50. The standard InChI is InChI=1S/C29H23BrO3S/c30-25-12-10-24(11-13-25)28(23-8-6-22(7-9-23)21-4-2-1-3-5-21)18-19-34-27-16-14-26(15-17-27)33-20-29(31)32/h1-18H,19-20H2,(H,31,32)/b28-18+. The van der Waals surface area contributed by atoms with E-state index in [2.05, 4.69) is 94.8 Å². The summed E-state index contributed by atoms with van der Waals surface area (Å²) in [6, 6.07) is 34.9. The van der Waals surface area contributed by atoms with Gasteiger partial charge in [-0.1, -0.05) is 88.7 Å². The maximum atomic E-state index is 10.6. The summed E-state index contributed by atoms with van der Waals surface area (Å²) in [7, 11) is 0. The molecule has 4 rings (SSSR count). The summed E-state index contributed by atoms with van der Waals surface area (Å²) < 4.78 is 6.26. The maximum absolute atomic E-state index is 10.6. The fourth-order valence-corrected chi connectivity index (χ4v) is 4.54. The summed E-state index contributed by atoms with van der Waals surface area (Å²) in [5, 5.41) is 8.74. The Balaban J connectivity index is 1.52. The second-order valence-corrected chi connectivity index (χ2v) is 9.54. The molecule has 1 N–H and O–H groups in total. The molecule has 0 saturated carbocycles. The van der Waals surface area contributed by atoms with Crippen LogP contribution in [0.4, 0.5) is 0 Å². The lowest BCUT2D eigenvalue weighted by atomic mass is 9.95. The summed E-state index contributed by atoms with van der Waals surface area (Å²) >= 11 is 5.24. The Bertz CT molecular complexity index is 1250. The van der Waals surface area contributed by atoms with E-state index < -0.39 is 5.97 Å². The molecule has 0 fully saturated rings. The van der Waals surface area contributed by atoms with E-state index in [1.54, 1.807) is 23.9 Å². The van der Waals surface area contributed by atoms with Crippen LogP contribution in [0.5, 0.6) is 5.75 Å². The number of halogens is 1. The topological polar surface area (TPSA) is 46.5 Å². The van der Waals surface area contributed by atoms with Crippen molar-refractivity contribution in [1.29, 1.82) is 0 Å². The molecule has 0 heterocycles. The molecule has 0 unspecified atom stereocenters. The minimum atomic E-state index is -0.985. The Morgan fingerprint density at radius 1 is 0.794 bits per heavy atom. The van der Waals surface area contributed by atoms with Gasteiger partial charge in [-0.05, 0) is 64.2 Å². The monoisotopic (exact) mass is 530 g/mol. The zero-order valence-corrected chi connectivity index (χ0v) is 20.8. The maximum Gasteiger partial charge on any atom is 0.341 e. The molecule has 3 nitrogen and oxygen atoms in total. The van der Waals surface area contributed by atoms with Gasteiger partial charge in [0.1, 0.15) is 5.75 Å². The first-order valence-corrected chi connectivity index (χ1v) is 12.6. The molecular formula is C29H23BrO3S. The van der Waals surface area contributed by atoms with E-state index in [-0.39, 0.29) is 6.61 Å². The van der Waals surface area contributed by atoms with Crippen LogP contribution in [0.3, 0.4) is 0 Å². The predicted octanol–water partition coefficient (Wildman–Crippen LogP) is 7.80. The van der Waals surface area contributed by atoms with Gasteiger partial charge in [0.15, 0.2) is 6.61 Å². The summed E-state index contributed by atoms with van der Waals surface area (Å²) in [6.45, 7) is -0.338. The van der Waals surface area contributed by atoms with Crippen molar-refractivity contribution in [2.75, 3.05) is 12.4 Å². The van der Waals surface area contributed by atoms with Gasteiger partial charge in [-0.25, -0.2) is 4.79 Å². The number of aliphatic carboxylic acids is 1. The Morgan fingerprint density at radius 2 is 1.38 bits per heavy atom. The lowest BCUT2D eigenvalue weighted by Gasteiger charge is -2.11. The predicted molar refractivity (Wildman–Crippen MR) is 143 cm³/mol. The van der Waals surface area contributed by atoms with E-state index in [0.717, 1.165) is 20.7 Å². The van der Waals surface area contributed by atoms with Gasteiger partial charge in [0.2, 0.25) is 0 Å². The Morgan fingerprint density at radius 3 is 2.00 bits per heavy atom. The highest BCUT2D eigenvalue weighted by atomic mass is 79.9. The Labute approximate surface area is 212 Å². The largest absolute Gasteiger partial charge is 0.482 e.